The standard InChI is InChI=1S/C31H28N2O4/c1-21-6-2-3-7-25(21)19-32-30(34)24-14-15-28-29(18-24)37-17-16-33(28)20-22-10-12-23(13-11-22)26-8-4-5-9-27(26)31(35)36/h2-15,18H,16-17,19-20H2,1H3,(H,32,34)(H,35,36). The predicted octanol–water partition coefficient (Wildman–Crippen LogP) is 5.69. The minimum absolute atomic E-state index is 0.135. The number of aromatic carboxylic acids is 1. The van der Waals surface area contributed by atoms with E-state index in [2.05, 4.69) is 10.2 Å². The highest BCUT2D eigenvalue weighted by atomic mass is 16.5. The number of benzene rings is 4. The smallest absolute Gasteiger partial charge is 0.336 e. The Balaban J connectivity index is 1.28. The second-order valence-corrected chi connectivity index (χ2v) is 9.11. The zero-order valence-corrected chi connectivity index (χ0v) is 20.6. The van der Waals surface area contributed by atoms with E-state index in [0.29, 0.717) is 36.6 Å². The van der Waals surface area contributed by atoms with Crippen molar-refractivity contribution in [3.8, 4) is 16.9 Å². The van der Waals surface area contributed by atoms with Gasteiger partial charge in [-0.1, -0.05) is 66.7 Å². The number of ether oxygens (including phenoxy) is 1. The fourth-order valence-corrected chi connectivity index (χ4v) is 4.60. The van der Waals surface area contributed by atoms with E-state index in [1.165, 1.54) is 0 Å². The summed E-state index contributed by atoms with van der Waals surface area (Å²) in [5.41, 5.74) is 6.70. The molecule has 0 fully saturated rings. The fraction of sp³-hybridized carbons (Fsp3) is 0.161. The van der Waals surface area contributed by atoms with Crippen LogP contribution in [-0.4, -0.2) is 30.1 Å². The number of fused-ring (bicyclic) bond motifs is 1. The summed E-state index contributed by atoms with van der Waals surface area (Å²) < 4.78 is 5.90. The van der Waals surface area contributed by atoms with E-state index in [9.17, 15) is 14.7 Å². The zero-order valence-electron chi connectivity index (χ0n) is 20.6. The summed E-state index contributed by atoms with van der Waals surface area (Å²) in [6.07, 6.45) is 0. The Morgan fingerprint density at radius 1 is 0.946 bits per heavy atom. The average molecular weight is 493 g/mol. The summed E-state index contributed by atoms with van der Waals surface area (Å²) in [7, 11) is 0. The topological polar surface area (TPSA) is 78.9 Å². The molecule has 0 atom stereocenters. The Morgan fingerprint density at radius 2 is 1.70 bits per heavy atom. The minimum Gasteiger partial charge on any atom is -0.490 e. The molecule has 0 spiro atoms. The van der Waals surface area contributed by atoms with E-state index in [0.717, 1.165) is 34.5 Å². The van der Waals surface area contributed by atoms with Crippen LogP contribution in [0.1, 0.15) is 37.4 Å². The van der Waals surface area contributed by atoms with Crippen molar-refractivity contribution in [2.24, 2.45) is 0 Å². The predicted molar refractivity (Wildman–Crippen MR) is 144 cm³/mol. The molecule has 6 heteroatoms. The lowest BCUT2D eigenvalue weighted by atomic mass is 9.98. The van der Waals surface area contributed by atoms with Gasteiger partial charge in [0.25, 0.3) is 5.91 Å². The van der Waals surface area contributed by atoms with Crippen LogP contribution in [0.25, 0.3) is 11.1 Å². The van der Waals surface area contributed by atoms with Gasteiger partial charge in [0.2, 0.25) is 0 Å². The monoisotopic (exact) mass is 492 g/mol. The maximum Gasteiger partial charge on any atom is 0.336 e. The number of anilines is 1. The largest absolute Gasteiger partial charge is 0.490 e. The van der Waals surface area contributed by atoms with Crippen LogP contribution >= 0.6 is 0 Å². The SMILES string of the molecule is Cc1ccccc1CNC(=O)c1ccc2c(c1)OCCN2Cc1ccc(-c2ccccc2C(=O)O)cc1. The van der Waals surface area contributed by atoms with Crippen LogP contribution in [0.15, 0.2) is 91.0 Å². The number of carbonyl (C=O) groups excluding carboxylic acids is 1. The van der Waals surface area contributed by atoms with Gasteiger partial charge in [0.15, 0.2) is 0 Å². The number of aryl methyl sites for hydroxylation is 1. The van der Waals surface area contributed by atoms with Crippen LogP contribution in [0.4, 0.5) is 5.69 Å². The Bertz CT molecular complexity index is 1450. The van der Waals surface area contributed by atoms with E-state index >= 15 is 0 Å². The first-order valence-corrected chi connectivity index (χ1v) is 12.3. The molecule has 0 unspecified atom stereocenters. The maximum atomic E-state index is 12.8. The van der Waals surface area contributed by atoms with Gasteiger partial charge in [-0.15, -0.1) is 0 Å². The molecule has 0 aromatic heterocycles. The van der Waals surface area contributed by atoms with Gasteiger partial charge >= 0.3 is 5.97 Å². The van der Waals surface area contributed by atoms with Gasteiger partial charge < -0.3 is 20.1 Å². The maximum absolute atomic E-state index is 12.8. The molecule has 0 aliphatic carbocycles. The van der Waals surface area contributed by atoms with Crippen LogP contribution in [0.3, 0.4) is 0 Å². The molecule has 1 amide bonds. The summed E-state index contributed by atoms with van der Waals surface area (Å²) in [5.74, 6) is -0.376. The molecule has 4 aromatic rings. The quantitative estimate of drug-likeness (QED) is 0.347. The lowest BCUT2D eigenvalue weighted by molar-refractivity contribution is 0.0697. The molecule has 186 valence electrons. The van der Waals surface area contributed by atoms with E-state index in [4.69, 9.17) is 4.74 Å². The molecule has 1 aliphatic rings. The minimum atomic E-state index is -0.937. The zero-order chi connectivity index (χ0) is 25.8. The highest BCUT2D eigenvalue weighted by Gasteiger charge is 2.20. The second kappa shape index (κ2) is 10.6. The molecular formula is C31H28N2O4. The average Bonchev–Trinajstić information content (AvgIpc) is 2.93. The van der Waals surface area contributed by atoms with Gasteiger partial charge in [0, 0.05) is 18.7 Å². The van der Waals surface area contributed by atoms with Gasteiger partial charge in [-0.25, -0.2) is 4.79 Å². The van der Waals surface area contributed by atoms with Crippen LogP contribution in [0.2, 0.25) is 0 Å². The Kier molecular flexibility index (Phi) is 6.90. The first-order valence-electron chi connectivity index (χ1n) is 12.3. The summed E-state index contributed by atoms with van der Waals surface area (Å²) in [5, 5.41) is 12.5. The molecule has 1 aliphatic heterocycles. The molecule has 6 nitrogen and oxygen atoms in total. The number of rotatable bonds is 7. The third-order valence-corrected chi connectivity index (χ3v) is 6.68. The van der Waals surface area contributed by atoms with E-state index in [1.807, 2.05) is 79.7 Å². The number of carbonyl (C=O) groups is 2. The van der Waals surface area contributed by atoms with Crippen molar-refractivity contribution in [1.82, 2.24) is 5.32 Å². The van der Waals surface area contributed by atoms with Gasteiger partial charge in [-0.3, -0.25) is 4.79 Å². The van der Waals surface area contributed by atoms with Crippen molar-refractivity contribution in [3.63, 3.8) is 0 Å². The lowest BCUT2D eigenvalue weighted by Gasteiger charge is -2.31. The molecule has 4 aromatic carbocycles. The number of hydrogen-bond acceptors (Lipinski definition) is 4. The second-order valence-electron chi connectivity index (χ2n) is 9.11. The van der Waals surface area contributed by atoms with E-state index in [1.54, 1.807) is 18.2 Å². The van der Waals surface area contributed by atoms with Gasteiger partial charge in [0.05, 0.1) is 17.8 Å². The molecule has 2 N–H and O–H groups in total. The third-order valence-electron chi connectivity index (χ3n) is 6.68. The van der Waals surface area contributed by atoms with Crippen molar-refractivity contribution in [1.29, 1.82) is 0 Å². The van der Waals surface area contributed by atoms with Crippen LogP contribution in [0.5, 0.6) is 5.75 Å². The molecule has 0 bridgehead atoms. The molecular weight excluding hydrogens is 464 g/mol. The normalized spacial score (nSPS) is 12.4. The number of nitrogens with one attached hydrogen (secondary N) is 1. The van der Waals surface area contributed by atoms with Crippen molar-refractivity contribution in [2.75, 3.05) is 18.1 Å². The first kappa shape index (κ1) is 24.1. The fourth-order valence-electron chi connectivity index (χ4n) is 4.60. The molecule has 0 radical (unpaired) electrons. The summed E-state index contributed by atoms with van der Waals surface area (Å²) >= 11 is 0. The van der Waals surface area contributed by atoms with Crippen molar-refractivity contribution < 1.29 is 19.4 Å². The lowest BCUT2D eigenvalue weighted by Crippen LogP contribution is -2.32. The molecule has 1 heterocycles. The number of hydrogen-bond donors (Lipinski definition) is 2. The summed E-state index contributed by atoms with van der Waals surface area (Å²) in [6.45, 7) is 4.45. The highest BCUT2D eigenvalue weighted by molar-refractivity contribution is 5.96. The van der Waals surface area contributed by atoms with Crippen LogP contribution in [0, 0.1) is 6.92 Å². The van der Waals surface area contributed by atoms with Crippen molar-refractivity contribution in [2.45, 2.75) is 20.0 Å². The number of carboxylic acids is 1. The molecule has 0 saturated heterocycles. The number of amides is 1. The first-order chi connectivity index (χ1) is 18.0. The van der Waals surface area contributed by atoms with Crippen molar-refractivity contribution in [3.05, 3.63) is 119 Å². The Labute approximate surface area is 216 Å². The third kappa shape index (κ3) is 5.33. The van der Waals surface area contributed by atoms with E-state index in [-0.39, 0.29) is 11.5 Å². The summed E-state index contributed by atoms with van der Waals surface area (Å²) in [4.78, 5) is 26.6. The Hall–Kier alpha value is -4.58. The van der Waals surface area contributed by atoms with Gasteiger partial charge in [0.1, 0.15) is 12.4 Å². The van der Waals surface area contributed by atoms with Crippen LogP contribution < -0.4 is 15.0 Å². The summed E-state index contributed by atoms with van der Waals surface area (Å²) in [6, 6.07) is 28.6. The molecule has 5 rings (SSSR count). The Morgan fingerprint density at radius 3 is 2.49 bits per heavy atom. The number of carboxylic acid groups (broad SMARTS) is 1. The highest BCUT2D eigenvalue weighted by Crippen LogP contribution is 2.34. The number of nitrogens with zero attached hydrogens (tertiary/aromatic N) is 1. The van der Waals surface area contributed by atoms with Crippen LogP contribution in [-0.2, 0) is 13.1 Å². The molecule has 0 saturated carbocycles. The van der Waals surface area contributed by atoms with E-state index < -0.39 is 5.97 Å². The molecule has 37 heavy (non-hydrogen) atoms. The van der Waals surface area contributed by atoms with Crippen molar-refractivity contribution >= 4 is 17.6 Å². The van der Waals surface area contributed by atoms with Gasteiger partial charge in [-0.2, -0.15) is 0 Å². The van der Waals surface area contributed by atoms with Gasteiger partial charge in [-0.05, 0) is 59.0 Å².